The van der Waals surface area contributed by atoms with Crippen molar-refractivity contribution in [1.29, 1.82) is 0 Å². The summed E-state index contributed by atoms with van der Waals surface area (Å²) in [5.74, 6) is 0.695. The molecular weight excluding hydrogens is 361 g/mol. The third kappa shape index (κ3) is 4.88. The molecule has 0 bridgehead atoms. The van der Waals surface area contributed by atoms with Crippen LogP contribution in [0, 0.1) is 10.1 Å². The Kier molecular flexibility index (Phi) is 5.67. The van der Waals surface area contributed by atoms with Gasteiger partial charge in [-0.15, -0.1) is 0 Å². The molecule has 0 amide bonds. The van der Waals surface area contributed by atoms with E-state index in [0.717, 1.165) is 18.7 Å². The average molecular weight is 387 g/mol. The number of hydrogen-bond acceptors (Lipinski definition) is 6. The highest BCUT2D eigenvalue weighted by Crippen LogP contribution is 2.34. The minimum atomic E-state index is -0.867. The van der Waals surface area contributed by atoms with Crippen molar-refractivity contribution in [3.05, 3.63) is 46.5 Å². The Morgan fingerprint density at radius 2 is 2.00 bits per heavy atom. The summed E-state index contributed by atoms with van der Waals surface area (Å²) >= 11 is 0. The molecule has 0 spiro atoms. The van der Waals surface area contributed by atoms with Gasteiger partial charge in [-0.25, -0.2) is 9.37 Å². The van der Waals surface area contributed by atoms with Crippen molar-refractivity contribution in [2.45, 2.75) is 45.3 Å². The Morgan fingerprint density at radius 1 is 1.25 bits per heavy atom. The summed E-state index contributed by atoms with van der Waals surface area (Å²) < 4.78 is 13.9. The van der Waals surface area contributed by atoms with Gasteiger partial charge < -0.3 is 15.5 Å². The van der Waals surface area contributed by atoms with Crippen LogP contribution in [-0.4, -0.2) is 34.7 Å². The molecule has 1 aliphatic heterocycles. The van der Waals surface area contributed by atoms with Gasteiger partial charge in [-0.2, -0.15) is 0 Å². The van der Waals surface area contributed by atoms with Gasteiger partial charge in [0.25, 0.3) is 0 Å². The van der Waals surface area contributed by atoms with E-state index < -0.39 is 11.1 Å². The number of nitro groups is 1. The van der Waals surface area contributed by atoms with Crippen LogP contribution in [0.15, 0.2) is 36.4 Å². The number of pyridine rings is 1. The summed E-state index contributed by atoms with van der Waals surface area (Å²) in [5, 5.41) is 17.8. The summed E-state index contributed by atoms with van der Waals surface area (Å²) in [4.78, 5) is 17.4. The fourth-order valence-corrected chi connectivity index (χ4v) is 3.27. The molecule has 2 heterocycles. The van der Waals surface area contributed by atoms with Gasteiger partial charge in [-0.05, 0) is 51.8 Å². The summed E-state index contributed by atoms with van der Waals surface area (Å²) in [6, 6.07) is 10.5. The van der Waals surface area contributed by atoms with Crippen molar-refractivity contribution < 1.29 is 9.31 Å². The molecule has 1 aromatic heterocycles. The van der Waals surface area contributed by atoms with Gasteiger partial charge in [-0.1, -0.05) is 12.1 Å². The fraction of sp³-hybridized carbons (Fsp3) is 0.450. The third-order valence-electron chi connectivity index (χ3n) is 4.44. The SMILES string of the molecule is CC(C)(C)Nc1ccc([N+](=O)[O-])c(Nc2ccccc2N2CCCC(F)C2)n1. The Hall–Kier alpha value is -2.90. The average Bonchev–Trinajstić information content (AvgIpc) is 2.61. The van der Waals surface area contributed by atoms with E-state index in [4.69, 9.17) is 0 Å². The van der Waals surface area contributed by atoms with E-state index in [-0.39, 0.29) is 17.0 Å². The molecule has 0 aliphatic carbocycles. The molecule has 8 heteroatoms. The molecule has 1 saturated heterocycles. The first kappa shape index (κ1) is 19.9. The zero-order chi connectivity index (χ0) is 20.3. The molecule has 0 radical (unpaired) electrons. The summed E-state index contributed by atoms with van der Waals surface area (Å²) in [6.07, 6.45) is 0.479. The van der Waals surface area contributed by atoms with Gasteiger partial charge in [0, 0.05) is 24.7 Å². The standard InChI is InChI=1S/C20H26FN5O2/c1-20(2,3)24-18-11-10-17(26(27)28)19(23-18)22-15-8-4-5-9-16(15)25-12-6-7-14(21)13-25/h4-5,8-11,14H,6-7,12-13H2,1-3H3,(H2,22,23,24). The lowest BCUT2D eigenvalue weighted by atomic mass is 10.1. The van der Waals surface area contributed by atoms with Crippen molar-refractivity contribution in [3.8, 4) is 0 Å². The van der Waals surface area contributed by atoms with Gasteiger partial charge in [0.1, 0.15) is 12.0 Å². The fourth-order valence-electron chi connectivity index (χ4n) is 3.27. The molecule has 1 aromatic carbocycles. The number of para-hydroxylation sites is 2. The molecule has 1 atom stereocenters. The maximum absolute atomic E-state index is 13.9. The Morgan fingerprint density at radius 3 is 2.68 bits per heavy atom. The van der Waals surface area contributed by atoms with Crippen LogP contribution in [0.2, 0.25) is 0 Å². The second-order valence-corrected chi connectivity index (χ2v) is 8.02. The first-order valence-corrected chi connectivity index (χ1v) is 9.41. The van der Waals surface area contributed by atoms with E-state index >= 15 is 0 Å². The summed E-state index contributed by atoms with van der Waals surface area (Å²) in [7, 11) is 0. The van der Waals surface area contributed by atoms with Gasteiger partial charge in [0.15, 0.2) is 0 Å². The predicted molar refractivity (Wildman–Crippen MR) is 110 cm³/mol. The number of piperidine rings is 1. The molecular formula is C20H26FN5O2. The highest BCUT2D eigenvalue weighted by atomic mass is 19.1. The predicted octanol–water partition coefficient (Wildman–Crippen LogP) is 4.88. The molecule has 2 aromatic rings. The molecule has 28 heavy (non-hydrogen) atoms. The lowest BCUT2D eigenvalue weighted by Gasteiger charge is -2.32. The van der Waals surface area contributed by atoms with E-state index in [2.05, 4.69) is 15.6 Å². The van der Waals surface area contributed by atoms with Gasteiger partial charge in [0.2, 0.25) is 5.82 Å². The van der Waals surface area contributed by atoms with Crippen LogP contribution in [0.5, 0.6) is 0 Å². The normalized spacial score (nSPS) is 17.3. The Balaban J connectivity index is 1.94. The quantitative estimate of drug-likeness (QED) is 0.562. The number of anilines is 4. The van der Waals surface area contributed by atoms with Crippen molar-refractivity contribution >= 4 is 28.7 Å². The number of rotatable bonds is 5. The number of nitrogens with zero attached hydrogens (tertiary/aromatic N) is 3. The topological polar surface area (TPSA) is 83.3 Å². The monoisotopic (exact) mass is 387 g/mol. The van der Waals surface area contributed by atoms with Crippen molar-refractivity contribution in [3.63, 3.8) is 0 Å². The molecule has 0 saturated carbocycles. The molecule has 3 rings (SSSR count). The first-order chi connectivity index (χ1) is 13.2. The molecule has 150 valence electrons. The molecule has 2 N–H and O–H groups in total. The van der Waals surface area contributed by atoms with E-state index in [9.17, 15) is 14.5 Å². The van der Waals surface area contributed by atoms with Crippen LogP contribution in [0.1, 0.15) is 33.6 Å². The van der Waals surface area contributed by atoms with Crippen molar-refractivity contribution in [2.24, 2.45) is 0 Å². The van der Waals surface area contributed by atoms with Gasteiger partial charge >= 0.3 is 5.69 Å². The van der Waals surface area contributed by atoms with E-state index in [1.165, 1.54) is 6.07 Å². The zero-order valence-electron chi connectivity index (χ0n) is 16.4. The van der Waals surface area contributed by atoms with Crippen molar-refractivity contribution in [2.75, 3.05) is 28.6 Å². The minimum Gasteiger partial charge on any atom is -0.367 e. The van der Waals surface area contributed by atoms with Gasteiger partial charge in [0.05, 0.1) is 16.3 Å². The number of nitrogens with one attached hydrogen (secondary N) is 2. The smallest absolute Gasteiger partial charge is 0.311 e. The molecule has 7 nitrogen and oxygen atoms in total. The minimum absolute atomic E-state index is 0.115. The lowest BCUT2D eigenvalue weighted by Crippen LogP contribution is -2.36. The second-order valence-electron chi connectivity index (χ2n) is 8.02. The van der Waals surface area contributed by atoms with E-state index in [0.29, 0.717) is 24.5 Å². The van der Waals surface area contributed by atoms with Crippen LogP contribution in [-0.2, 0) is 0 Å². The number of alkyl halides is 1. The maximum atomic E-state index is 13.9. The number of hydrogen-bond donors (Lipinski definition) is 2. The second kappa shape index (κ2) is 8.00. The summed E-state index contributed by atoms with van der Waals surface area (Å²) in [5.41, 5.74) is 1.13. The van der Waals surface area contributed by atoms with E-state index in [1.54, 1.807) is 6.07 Å². The first-order valence-electron chi connectivity index (χ1n) is 9.41. The van der Waals surface area contributed by atoms with Crippen LogP contribution < -0.4 is 15.5 Å². The Labute approximate surface area is 164 Å². The van der Waals surface area contributed by atoms with Gasteiger partial charge in [-0.3, -0.25) is 10.1 Å². The lowest BCUT2D eigenvalue weighted by molar-refractivity contribution is -0.384. The highest BCUT2D eigenvalue weighted by molar-refractivity contribution is 5.77. The van der Waals surface area contributed by atoms with Crippen LogP contribution in [0.3, 0.4) is 0 Å². The van der Waals surface area contributed by atoms with E-state index in [1.807, 2.05) is 49.9 Å². The zero-order valence-corrected chi connectivity index (χ0v) is 16.4. The highest BCUT2D eigenvalue weighted by Gasteiger charge is 2.23. The number of benzene rings is 1. The largest absolute Gasteiger partial charge is 0.367 e. The van der Waals surface area contributed by atoms with Crippen LogP contribution >= 0.6 is 0 Å². The van der Waals surface area contributed by atoms with Crippen LogP contribution in [0.4, 0.5) is 33.1 Å². The number of halogens is 1. The number of aromatic nitrogens is 1. The van der Waals surface area contributed by atoms with Crippen LogP contribution in [0.25, 0.3) is 0 Å². The molecule has 1 aliphatic rings. The molecule has 1 fully saturated rings. The third-order valence-corrected chi connectivity index (χ3v) is 4.44. The summed E-state index contributed by atoms with van der Waals surface area (Å²) in [6.45, 7) is 7.03. The Bertz CT molecular complexity index is 853. The molecule has 1 unspecified atom stereocenters. The van der Waals surface area contributed by atoms with Crippen molar-refractivity contribution in [1.82, 2.24) is 4.98 Å². The maximum Gasteiger partial charge on any atom is 0.311 e.